The molecule has 1 unspecified atom stereocenters. The number of nitrogens with two attached hydrogens (primary N) is 2. The first-order chi connectivity index (χ1) is 17.7. The molecule has 5 rings (SSSR count). The lowest BCUT2D eigenvalue weighted by molar-refractivity contribution is -0.384. The van der Waals surface area contributed by atoms with Crippen LogP contribution in [0.3, 0.4) is 0 Å². The summed E-state index contributed by atoms with van der Waals surface area (Å²) in [5.41, 5.74) is 15.1. The molecular weight excluding hydrogens is 482 g/mol. The predicted molar refractivity (Wildman–Crippen MR) is 133 cm³/mol. The zero-order valence-corrected chi connectivity index (χ0v) is 19.5. The van der Waals surface area contributed by atoms with Gasteiger partial charge >= 0.3 is 0 Å². The zero-order chi connectivity index (χ0) is 26.3. The van der Waals surface area contributed by atoms with Crippen LogP contribution in [0.5, 0.6) is 0 Å². The summed E-state index contributed by atoms with van der Waals surface area (Å²) in [7, 11) is 0. The topological polar surface area (TPSA) is 152 Å². The van der Waals surface area contributed by atoms with Crippen molar-refractivity contribution >= 4 is 28.4 Å². The van der Waals surface area contributed by atoms with Gasteiger partial charge in [-0.3, -0.25) is 10.1 Å². The van der Waals surface area contributed by atoms with E-state index in [1.807, 2.05) is 6.92 Å². The predicted octanol–water partition coefficient (Wildman–Crippen LogP) is 4.30. The fraction of sp³-hybridized carbons (Fsp3) is 0.120. The van der Waals surface area contributed by atoms with E-state index in [9.17, 15) is 18.9 Å². The molecule has 0 saturated heterocycles. The van der Waals surface area contributed by atoms with Crippen LogP contribution >= 0.6 is 0 Å². The highest BCUT2D eigenvalue weighted by Gasteiger charge is 2.22. The molecule has 1 atom stereocenters. The minimum atomic E-state index is -0.601. The van der Waals surface area contributed by atoms with Gasteiger partial charge in [-0.05, 0) is 17.2 Å². The van der Waals surface area contributed by atoms with Crippen LogP contribution < -0.4 is 11.5 Å². The molecule has 2 aromatic carbocycles. The van der Waals surface area contributed by atoms with Crippen molar-refractivity contribution in [3.8, 4) is 5.95 Å². The molecule has 0 aliphatic carbocycles. The highest BCUT2D eigenvalue weighted by atomic mass is 19.1. The summed E-state index contributed by atoms with van der Waals surface area (Å²) in [5, 5.41) is 15.5. The number of fused-ring (bicyclic) bond motifs is 1. The number of nitrogen functional groups attached to an aromatic ring is 2. The Morgan fingerprint density at radius 2 is 1.73 bits per heavy atom. The van der Waals surface area contributed by atoms with E-state index in [0.29, 0.717) is 22.3 Å². The van der Waals surface area contributed by atoms with Crippen LogP contribution in [-0.2, 0) is 6.42 Å². The van der Waals surface area contributed by atoms with Gasteiger partial charge in [0.1, 0.15) is 28.8 Å². The second-order valence-electron chi connectivity index (χ2n) is 8.43. The summed E-state index contributed by atoms with van der Waals surface area (Å²) < 4.78 is 29.7. The van der Waals surface area contributed by atoms with Crippen molar-refractivity contribution in [2.75, 3.05) is 11.5 Å². The number of aromatic nitrogens is 5. The number of rotatable bonds is 6. The van der Waals surface area contributed by atoms with Crippen molar-refractivity contribution in [3.05, 3.63) is 105 Å². The molecule has 0 aliphatic heterocycles. The minimum Gasteiger partial charge on any atom is -0.383 e. The Balaban J connectivity index is 1.57. The lowest BCUT2D eigenvalue weighted by Crippen LogP contribution is -2.14. The molecule has 3 aromatic heterocycles. The zero-order valence-electron chi connectivity index (χ0n) is 19.5. The Morgan fingerprint density at radius 3 is 2.38 bits per heavy atom. The van der Waals surface area contributed by atoms with Crippen molar-refractivity contribution in [2.24, 2.45) is 0 Å². The number of nitro benzene ring substituents is 1. The van der Waals surface area contributed by atoms with Gasteiger partial charge in [-0.2, -0.15) is 19.7 Å². The molecule has 0 bridgehead atoms. The first-order valence-corrected chi connectivity index (χ1v) is 11.2. The number of non-ortho nitro benzene ring substituents is 1. The summed E-state index contributed by atoms with van der Waals surface area (Å²) >= 11 is 0. The number of halogens is 2. The number of hydrogen-bond donors (Lipinski definition) is 2. The molecule has 4 N–H and O–H groups in total. The normalized spacial score (nSPS) is 12.1. The molecule has 0 spiro atoms. The van der Waals surface area contributed by atoms with Crippen molar-refractivity contribution in [1.29, 1.82) is 0 Å². The number of nitrogens with zero attached hydrogens (tertiary/aromatic N) is 6. The van der Waals surface area contributed by atoms with E-state index in [-0.39, 0.29) is 41.1 Å². The monoisotopic (exact) mass is 502 g/mol. The van der Waals surface area contributed by atoms with Gasteiger partial charge in [-0.1, -0.05) is 37.3 Å². The van der Waals surface area contributed by atoms with E-state index in [0.717, 1.165) is 11.8 Å². The summed E-state index contributed by atoms with van der Waals surface area (Å²) in [6.07, 6.45) is 1.16. The van der Waals surface area contributed by atoms with Crippen molar-refractivity contribution < 1.29 is 13.7 Å². The smallest absolute Gasteiger partial charge is 0.269 e. The standard InChI is InChI=1S/C25H20F2N8O2/c1-13(14-6-8-17(9-7-14)35(36)37)21-23(28)31-25(32-24(21)29)34-20-11-16(26)12-30-22(20)19(33-34)10-15-4-2-3-5-18(15)27/h2-9,11-13H,10H2,1H3,(H4,28,29,31,32). The van der Waals surface area contributed by atoms with Crippen LogP contribution in [0.4, 0.5) is 26.1 Å². The molecule has 0 radical (unpaired) electrons. The van der Waals surface area contributed by atoms with Crippen molar-refractivity contribution in [1.82, 2.24) is 24.7 Å². The number of anilines is 2. The van der Waals surface area contributed by atoms with Crippen molar-refractivity contribution in [3.63, 3.8) is 0 Å². The highest BCUT2D eigenvalue weighted by molar-refractivity contribution is 5.79. The maximum atomic E-state index is 14.3. The third-order valence-corrected chi connectivity index (χ3v) is 6.09. The summed E-state index contributed by atoms with van der Waals surface area (Å²) in [5.74, 6) is -1.25. The van der Waals surface area contributed by atoms with E-state index in [1.54, 1.807) is 30.3 Å². The average Bonchev–Trinajstić information content (AvgIpc) is 3.22. The second-order valence-corrected chi connectivity index (χ2v) is 8.43. The molecule has 12 heteroatoms. The van der Waals surface area contributed by atoms with Gasteiger partial charge in [-0.25, -0.2) is 13.8 Å². The molecule has 10 nitrogen and oxygen atoms in total. The molecule has 0 saturated carbocycles. The molecule has 186 valence electrons. The Morgan fingerprint density at radius 1 is 1.05 bits per heavy atom. The Kier molecular flexibility index (Phi) is 5.91. The second kappa shape index (κ2) is 9.22. The number of hydrogen-bond acceptors (Lipinski definition) is 8. The largest absolute Gasteiger partial charge is 0.383 e. The fourth-order valence-electron chi connectivity index (χ4n) is 4.21. The highest BCUT2D eigenvalue weighted by Crippen LogP contribution is 2.33. The van der Waals surface area contributed by atoms with Gasteiger partial charge < -0.3 is 11.5 Å². The van der Waals surface area contributed by atoms with Gasteiger partial charge in [0, 0.05) is 36.1 Å². The Hall–Kier alpha value is -5.00. The van der Waals surface area contributed by atoms with E-state index >= 15 is 0 Å². The van der Waals surface area contributed by atoms with Crippen LogP contribution in [0.25, 0.3) is 17.0 Å². The maximum Gasteiger partial charge on any atom is 0.269 e. The quantitative estimate of drug-likeness (QED) is 0.257. The molecule has 0 amide bonds. The minimum absolute atomic E-state index is 0.00756. The molecule has 0 fully saturated rings. The van der Waals surface area contributed by atoms with E-state index in [4.69, 9.17) is 11.5 Å². The van der Waals surface area contributed by atoms with Crippen LogP contribution in [0.1, 0.15) is 35.2 Å². The van der Waals surface area contributed by atoms with Crippen LogP contribution in [-0.4, -0.2) is 29.7 Å². The number of benzene rings is 2. The van der Waals surface area contributed by atoms with E-state index in [2.05, 4.69) is 20.1 Å². The maximum absolute atomic E-state index is 14.3. The van der Waals surface area contributed by atoms with Crippen LogP contribution in [0.15, 0.2) is 60.8 Å². The van der Waals surface area contributed by atoms with E-state index in [1.165, 1.54) is 28.9 Å². The first kappa shape index (κ1) is 23.7. The average molecular weight is 502 g/mol. The van der Waals surface area contributed by atoms with Gasteiger partial charge in [0.2, 0.25) is 0 Å². The van der Waals surface area contributed by atoms with Gasteiger partial charge in [-0.15, -0.1) is 0 Å². The molecule has 5 aromatic rings. The first-order valence-electron chi connectivity index (χ1n) is 11.2. The number of nitro groups is 1. The van der Waals surface area contributed by atoms with E-state index < -0.39 is 16.6 Å². The van der Waals surface area contributed by atoms with Gasteiger partial charge in [0.05, 0.1) is 22.3 Å². The third-order valence-electron chi connectivity index (χ3n) is 6.09. The molecule has 0 aliphatic rings. The molecular formula is C25H20F2N8O2. The fourth-order valence-corrected chi connectivity index (χ4v) is 4.21. The summed E-state index contributed by atoms with van der Waals surface area (Å²) in [4.78, 5) is 23.4. The lowest BCUT2D eigenvalue weighted by Gasteiger charge is -2.17. The Labute approximate surface area is 208 Å². The van der Waals surface area contributed by atoms with Crippen LogP contribution in [0.2, 0.25) is 0 Å². The molecule has 37 heavy (non-hydrogen) atoms. The molecule has 3 heterocycles. The third kappa shape index (κ3) is 4.40. The van der Waals surface area contributed by atoms with Crippen LogP contribution in [0, 0.1) is 21.7 Å². The van der Waals surface area contributed by atoms with Gasteiger partial charge in [0.15, 0.2) is 0 Å². The summed E-state index contributed by atoms with van der Waals surface area (Å²) in [6, 6.07) is 13.5. The van der Waals surface area contributed by atoms with Gasteiger partial charge in [0.25, 0.3) is 11.6 Å². The lowest BCUT2D eigenvalue weighted by atomic mass is 9.93. The number of pyridine rings is 1. The Bertz CT molecular complexity index is 1630. The summed E-state index contributed by atoms with van der Waals surface area (Å²) in [6.45, 7) is 1.82. The van der Waals surface area contributed by atoms with Crippen molar-refractivity contribution in [2.45, 2.75) is 19.3 Å². The SMILES string of the molecule is CC(c1ccc([N+](=O)[O-])cc1)c1c(N)nc(-n2nc(Cc3ccccc3F)c3ncc(F)cc32)nc1N.